The largest absolute Gasteiger partial charge is 0.475 e. The quantitative estimate of drug-likeness (QED) is 0.306. The molecule has 1 aromatic rings. The molecular weight excluding hydrogens is 530 g/mol. The fourth-order valence-corrected chi connectivity index (χ4v) is 5.44. The second kappa shape index (κ2) is 13.8. The van der Waals surface area contributed by atoms with Crippen LogP contribution in [0.2, 0.25) is 0 Å². The molecular formula is C27H35NO10S. The van der Waals surface area contributed by atoms with Crippen LogP contribution in [0, 0.1) is 5.92 Å². The van der Waals surface area contributed by atoms with E-state index in [1.807, 2.05) is 24.3 Å². The summed E-state index contributed by atoms with van der Waals surface area (Å²) in [4.78, 5) is 52.3. The maximum Gasteiger partial charge on any atom is 0.303 e. The molecule has 6 atom stereocenters. The normalized spacial score (nSPS) is 26.3. The van der Waals surface area contributed by atoms with E-state index >= 15 is 0 Å². The molecule has 0 saturated carbocycles. The summed E-state index contributed by atoms with van der Waals surface area (Å²) in [6.45, 7) is 9.24. The van der Waals surface area contributed by atoms with Crippen LogP contribution in [0.15, 0.2) is 29.3 Å². The lowest BCUT2D eigenvalue weighted by Gasteiger charge is -2.44. The first-order valence-corrected chi connectivity index (χ1v) is 13.7. The molecule has 3 rings (SSSR count). The second-order valence-corrected chi connectivity index (χ2v) is 10.7. The van der Waals surface area contributed by atoms with Crippen molar-refractivity contribution in [3.05, 3.63) is 35.4 Å². The van der Waals surface area contributed by atoms with Crippen LogP contribution < -0.4 is 0 Å². The predicted molar refractivity (Wildman–Crippen MR) is 141 cm³/mol. The summed E-state index contributed by atoms with van der Waals surface area (Å²) in [5, 5.41) is 0. The van der Waals surface area contributed by atoms with Gasteiger partial charge in [-0.2, -0.15) is 0 Å². The third-order valence-electron chi connectivity index (χ3n) is 6.04. The van der Waals surface area contributed by atoms with E-state index in [1.165, 1.54) is 39.5 Å². The van der Waals surface area contributed by atoms with Gasteiger partial charge in [0.05, 0.1) is 6.04 Å². The smallest absolute Gasteiger partial charge is 0.303 e. The summed E-state index contributed by atoms with van der Waals surface area (Å²) in [5.41, 5.74) is 0.866. The van der Waals surface area contributed by atoms with Gasteiger partial charge in [-0.25, -0.2) is 4.99 Å². The van der Waals surface area contributed by atoms with Gasteiger partial charge in [-0.15, -0.1) is 11.8 Å². The number of carbonyl (C=O) groups excluding carboxylic acids is 4. The Kier molecular flexibility index (Phi) is 10.8. The van der Waals surface area contributed by atoms with Crippen molar-refractivity contribution in [2.75, 3.05) is 13.2 Å². The summed E-state index contributed by atoms with van der Waals surface area (Å²) < 4.78 is 33.7. The van der Waals surface area contributed by atoms with Gasteiger partial charge in [-0.05, 0) is 17.5 Å². The molecule has 0 bridgehead atoms. The van der Waals surface area contributed by atoms with Crippen molar-refractivity contribution in [2.24, 2.45) is 10.9 Å². The third kappa shape index (κ3) is 8.43. The van der Waals surface area contributed by atoms with Gasteiger partial charge in [0.25, 0.3) is 0 Å². The lowest BCUT2D eigenvalue weighted by Crippen LogP contribution is -2.61. The molecule has 1 saturated heterocycles. The van der Waals surface area contributed by atoms with Crippen molar-refractivity contribution in [2.45, 2.75) is 83.2 Å². The van der Waals surface area contributed by atoms with E-state index < -0.39 is 53.7 Å². The summed E-state index contributed by atoms with van der Waals surface area (Å²) >= 11 is 1.29. The number of benzene rings is 1. The third-order valence-corrected chi connectivity index (χ3v) is 7.23. The molecule has 1 aromatic carbocycles. The first kappa shape index (κ1) is 30.4. The Bertz CT molecular complexity index is 1090. The molecule has 0 spiro atoms. The fraction of sp³-hybridized carbons (Fsp3) is 0.593. The summed E-state index contributed by atoms with van der Waals surface area (Å²) in [7, 11) is 0. The highest BCUT2D eigenvalue weighted by atomic mass is 32.2. The maximum absolute atomic E-state index is 12.1. The van der Waals surface area contributed by atoms with Crippen molar-refractivity contribution in [1.29, 1.82) is 0 Å². The van der Waals surface area contributed by atoms with Crippen LogP contribution >= 0.6 is 11.8 Å². The molecule has 2 heterocycles. The number of hydrogen-bond donors (Lipinski definition) is 0. The Morgan fingerprint density at radius 3 is 2.13 bits per heavy atom. The van der Waals surface area contributed by atoms with Crippen LogP contribution in [0.3, 0.4) is 0 Å². The number of nitrogens with zero attached hydrogens (tertiary/aromatic N) is 1. The first-order chi connectivity index (χ1) is 18.5. The number of esters is 4. The lowest BCUT2D eigenvalue weighted by molar-refractivity contribution is -0.237. The highest BCUT2D eigenvalue weighted by Crippen LogP contribution is 2.36. The Morgan fingerprint density at radius 1 is 0.923 bits per heavy atom. The van der Waals surface area contributed by atoms with Crippen molar-refractivity contribution in [3.63, 3.8) is 0 Å². The van der Waals surface area contributed by atoms with Crippen LogP contribution in [0.5, 0.6) is 0 Å². The van der Waals surface area contributed by atoms with E-state index in [-0.39, 0.29) is 12.6 Å². The molecule has 0 N–H and O–H groups in total. The topological polar surface area (TPSA) is 136 Å². The van der Waals surface area contributed by atoms with Gasteiger partial charge in [0.1, 0.15) is 24.8 Å². The number of ether oxygens (including phenoxy) is 6. The lowest BCUT2D eigenvalue weighted by atomic mass is 9.99. The Labute approximate surface area is 231 Å². The zero-order chi connectivity index (χ0) is 28.7. The van der Waals surface area contributed by atoms with Gasteiger partial charge in [-0.1, -0.05) is 32.0 Å². The summed E-state index contributed by atoms with van der Waals surface area (Å²) in [6.07, 6.45) is -4.50. The van der Waals surface area contributed by atoms with E-state index in [0.717, 1.165) is 11.1 Å². The van der Waals surface area contributed by atoms with Crippen molar-refractivity contribution >= 4 is 41.5 Å². The van der Waals surface area contributed by atoms with Gasteiger partial charge < -0.3 is 28.4 Å². The highest BCUT2D eigenvalue weighted by molar-refractivity contribution is 7.99. The molecule has 11 nitrogen and oxygen atoms in total. The second-order valence-electron chi connectivity index (χ2n) is 9.59. The van der Waals surface area contributed by atoms with E-state index in [4.69, 9.17) is 33.4 Å². The molecule has 0 aromatic heterocycles. The van der Waals surface area contributed by atoms with Crippen LogP contribution in [-0.2, 0) is 53.4 Å². The van der Waals surface area contributed by atoms with Crippen LogP contribution in [0.1, 0.15) is 52.7 Å². The molecule has 0 amide bonds. The molecule has 2 aliphatic rings. The average molecular weight is 566 g/mol. The first-order valence-electron chi connectivity index (χ1n) is 12.7. The minimum atomic E-state index is -1.20. The number of rotatable bonds is 10. The van der Waals surface area contributed by atoms with Gasteiger partial charge in [0, 0.05) is 39.0 Å². The maximum atomic E-state index is 12.1. The monoisotopic (exact) mass is 565 g/mol. The van der Waals surface area contributed by atoms with Gasteiger partial charge in [0.2, 0.25) is 5.90 Å². The Hall–Kier alpha value is -3.12. The molecule has 214 valence electrons. The van der Waals surface area contributed by atoms with E-state index in [1.54, 1.807) is 0 Å². The zero-order valence-electron chi connectivity index (χ0n) is 22.9. The van der Waals surface area contributed by atoms with Crippen molar-refractivity contribution in [3.8, 4) is 0 Å². The highest BCUT2D eigenvalue weighted by Gasteiger charge is 2.52. The summed E-state index contributed by atoms with van der Waals surface area (Å²) in [6, 6.07) is 7.71. The van der Waals surface area contributed by atoms with E-state index in [9.17, 15) is 19.2 Å². The van der Waals surface area contributed by atoms with Gasteiger partial charge in [-0.3, -0.25) is 19.2 Å². The number of thioether (sulfide) groups is 1. The van der Waals surface area contributed by atoms with Gasteiger partial charge >= 0.3 is 23.9 Å². The molecule has 12 heteroatoms. The molecule has 39 heavy (non-hydrogen) atoms. The minimum absolute atomic E-state index is 0.0699. The zero-order valence-corrected chi connectivity index (χ0v) is 23.7. The van der Waals surface area contributed by atoms with Crippen LogP contribution in [0.4, 0.5) is 0 Å². The summed E-state index contributed by atoms with van der Waals surface area (Å²) in [5.74, 6) is -1.27. The number of carbonyl (C=O) groups is 4. The standard InChI is InChI=1S/C27H35NO10S/c1-14(2)21-11-34-26(28-21)20-10-8-7-9-19(20)13-39-27-25(37-18(6)32)24(36-17(5)31)23(35-16(4)30)22(38-27)12-33-15(3)29/h7-10,14,21-25,27H,11-13H2,1-6H3/t21-,22-,23-,24+,25-,27+/m1/s1. The average Bonchev–Trinajstić information content (AvgIpc) is 3.34. The molecule has 0 radical (unpaired) electrons. The number of hydrogen-bond acceptors (Lipinski definition) is 12. The number of aliphatic imine (C=N–C) groups is 1. The fourth-order valence-electron chi connectivity index (χ4n) is 4.23. The van der Waals surface area contributed by atoms with E-state index in [2.05, 4.69) is 13.8 Å². The predicted octanol–water partition coefficient (Wildman–Crippen LogP) is 2.80. The molecule has 2 aliphatic heterocycles. The minimum Gasteiger partial charge on any atom is -0.475 e. The van der Waals surface area contributed by atoms with Gasteiger partial charge in [0.15, 0.2) is 18.3 Å². The van der Waals surface area contributed by atoms with Crippen LogP contribution in [-0.4, -0.2) is 78.9 Å². The van der Waals surface area contributed by atoms with E-state index in [0.29, 0.717) is 24.2 Å². The van der Waals surface area contributed by atoms with Crippen molar-refractivity contribution in [1.82, 2.24) is 0 Å². The van der Waals surface area contributed by atoms with Crippen LogP contribution in [0.25, 0.3) is 0 Å². The SMILES string of the molecule is CC(=O)OC[C@H]1O[C@@H](SCc2ccccc2C2=N[C@@H](C(C)C)CO2)[C@H](OC(C)=O)[C@@H](OC(C)=O)[C@@H]1OC(C)=O. The Morgan fingerprint density at radius 2 is 1.54 bits per heavy atom. The molecule has 1 fully saturated rings. The molecule has 0 unspecified atom stereocenters. The molecule has 0 aliphatic carbocycles. The Balaban J connectivity index is 1.91. The van der Waals surface area contributed by atoms with Crippen molar-refractivity contribution < 1.29 is 47.6 Å².